The summed E-state index contributed by atoms with van der Waals surface area (Å²) >= 11 is 4.99. The molecule has 0 aromatic heterocycles. The number of rotatable bonds is 2. The Kier molecular flexibility index (Phi) is 3.24. The smallest absolute Gasteiger partial charge is 0.125 e. The van der Waals surface area contributed by atoms with Gasteiger partial charge in [0.25, 0.3) is 0 Å². The Morgan fingerprint density at radius 1 is 1.47 bits per heavy atom. The first kappa shape index (κ1) is 11.8. The standard InChI is InChI=1S/C13H13FN2S/c1-9-4-2-3-7-16(9)12-8-10(14)5-6-11(12)13(15)17/h2-6,8H,7H2,1H3,(H2,15,17). The van der Waals surface area contributed by atoms with Crippen molar-refractivity contribution in [3.05, 3.63) is 53.5 Å². The zero-order chi connectivity index (χ0) is 12.4. The van der Waals surface area contributed by atoms with E-state index in [4.69, 9.17) is 18.0 Å². The van der Waals surface area contributed by atoms with Gasteiger partial charge in [-0.2, -0.15) is 0 Å². The van der Waals surface area contributed by atoms with Crippen LogP contribution in [0.5, 0.6) is 0 Å². The number of allylic oxidation sites excluding steroid dienone is 3. The first-order valence-electron chi connectivity index (χ1n) is 5.30. The molecule has 1 aliphatic heterocycles. The molecule has 4 heteroatoms. The van der Waals surface area contributed by atoms with Crippen LogP contribution in [0.3, 0.4) is 0 Å². The molecular weight excluding hydrogens is 235 g/mol. The molecule has 0 fully saturated rings. The average Bonchev–Trinajstić information content (AvgIpc) is 2.29. The molecule has 1 aliphatic rings. The van der Waals surface area contributed by atoms with Crippen molar-refractivity contribution in [1.82, 2.24) is 0 Å². The van der Waals surface area contributed by atoms with Crippen LogP contribution < -0.4 is 10.6 Å². The third kappa shape index (κ3) is 2.36. The molecule has 0 atom stereocenters. The van der Waals surface area contributed by atoms with Gasteiger partial charge < -0.3 is 10.6 Å². The maximum absolute atomic E-state index is 13.3. The predicted molar refractivity (Wildman–Crippen MR) is 72.5 cm³/mol. The van der Waals surface area contributed by atoms with Crippen molar-refractivity contribution >= 4 is 22.9 Å². The second-order valence-corrected chi connectivity index (χ2v) is 4.31. The third-order valence-corrected chi connectivity index (χ3v) is 2.92. The van der Waals surface area contributed by atoms with Crippen molar-refractivity contribution in [3.63, 3.8) is 0 Å². The lowest BCUT2D eigenvalue weighted by Gasteiger charge is -2.28. The molecule has 0 unspecified atom stereocenters. The molecule has 1 heterocycles. The summed E-state index contributed by atoms with van der Waals surface area (Å²) in [5, 5.41) is 0. The molecule has 2 N–H and O–H groups in total. The monoisotopic (exact) mass is 248 g/mol. The molecular formula is C13H13FN2S. The number of nitrogens with two attached hydrogens (primary N) is 1. The van der Waals surface area contributed by atoms with Gasteiger partial charge in [0.15, 0.2) is 0 Å². The van der Waals surface area contributed by atoms with E-state index in [9.17, 15) is 4.39 Å². The molecule has 17 heavy (non-hydrogen) atoms. The minimum absolute atomic E-state index is 0.280. The molecule has 0 saturated heterocycles. The Bertz CT molecular complexity index is 520. The SMILES string of the molecule is CC1=CC=CCN1c1cc(F)ccc1C(N)=S. The number of thiocarbonyl (C=S) groups is 1. The highest BCUT2D eigenvalue weighted by Gasteiger charge is 2.15. The molecule has 0 amide bonds. The summed E-state index contributed by atoms with van der Waals surface area (Å²) in [7, 11) is 0. The highest BCUT2D eigenvalue weighted by atomic mass is 32.1. The van der Waals surface area contributed by atoms with Gasteiger partial charge in [-0.3, -0.25) is 0 Å². The van der Waals surface area contributed by atoms with Crippen LogP contribution in [0.4, 0.5) is 10.1 Å². The van der Waals surface area contributed by atoms with Crippen molar-refractivity contribution < 1.29 is 4.39 Å². The third-order valence-electron chi connectivity index (χ3n) is 2.70. The van der Waals surface area contributed by atoms with Gasteiger partial charge in [0.05, 0.1) is 5.69 Å². The number of hydrogen-bond donors (Lipinski definition) is 1. The number of hydrogen-bond acceptors (Lipinski definition) is 2. The summed E-state index contributed by atoms with van der Waals surface area (Å²) in [5.74, 6) is -0.289. The van der Waals surface area contributed by atoms with E-state index in [-0.39, 0.29) is 10.8 Å². The van der Waals surface area contributed by atoms with Gasteiger partial charge in [-0.25, -0.2) is 4.39 Å². The first-order valence-corrected chi connectivity index (χ1v) is 5.71. The summed E-state index contributed by atoms with van der Waals surface area (Å²) in [4.78, 5) is 2.26. The van der Waals surface area contributed by atoms with Crippen LogP contribution in [-0.4, -0.2) is 11.5 Å². The van der Waals surface area contributed by atoms with Gasteiger partial charge in [-0.1, -0.05) is 24.4 Å². The second-order valence-electron chi connectivity index (χ2n) is 3.87. The lowest BCUT2D eigenvalue weighted by atomic mass is 10.1. The molecule has 2 rings (SSSR count). The van der Waals surface area contributed by atoms with E-state index in [0.29, 0.717) is 12.1 Å². The maximum Gasteiger partial charge on any atom is 0.125 e. The van der Waals surface area contributed by atoms with E-state index >= 15 is 0 Å². The Morgan fingerprint density at radius 2 is 2.24 bits per heavy atom. The molecule has 2 nitrogen and oxygen atoms in total. The van der Waals surface area contributed by atoms with Crippen molar-refractivity contribution in [1.29, 1.82) is 0 Å². The van der Waals surface area contributed by atoms with Crippen molar-refractivity contribution in [2.45, 2.75) is 6.92 Å². The fourth-order valence-corrected chi connectivity index (χ4v) is 2.00. The van der Waals surface area contributed by atoms with Crippen LogP contribution in [0.1, 0.15) is 12.5 Å². The molecule has 0 bridgehead atoms. The zero-order valence-corrected chi connectivity index (χ0v) is 10.3. The Morgan fingerprint density at radius 3 is 2.88 bits per heavy atom. The van der Waals surface area contributed by atoms with Crippen LogP contribution in [0.2, 0.25) is 0 Å². The Balaban J connectivity index is 2.50. The fraction of sp³-hybridized carbons (Fsp3) is 0.154. The van der Waals surface area contributed by atoms with Crippen molar-refractivity contribution in [2.75, 3.05) is 11.4 Å². The average molecular weight is 248 g/mol. The number of nitrogens with zero attached hydrogens (tertiary/aromatic N) is 1. The normalized spacial score (nSPS) is 14.7. The fourth-order valence-electron chi connectivity index (χ4n) is 1.83. The van der Waals surface area contributed by atoms with Gasteiger partial charge in [0, 0.05) is 17.8 Å². The zero-order valence-electron chi connectivity index (χ0n) is 9.48. The van der Waals surface area contributed by atoms with Crippen LogP contribution >= 0.6 is 12.2 Å². The lowest BCUT2D eigenvalue weighted by molar-refractivity contribution is 0.627. The van der Waals surface area contributed by atoms with Gasteiger partial charge in [0.2, 0.25) is 0 Å². The van der Waals surface area contributed by atoms with E-state index < -0.39 is 0 Å². The molecule has 1 aromatic carbocycles. The Hall–Kier alpha value is -1.68. The van der Waals surface area contributed by atoms with Crippen LogP contribution in [0.15, 0.2) is 42.1 Å². The minimum atomic E-state index is -0.289. The summed E-state index contributed by atoms with van der Waals surface area (Å²) in [6, 6.07) is 4.46. The van der Waals surface area contributed by atoms with Crippen molar-refractivity contribution in [2.24, 2.45) is 5.73 Å². The van der Waals surface area contributed by atoms with E-state index in [1.807, 2.05) is 30.1 Å². The summed E-state index contributed by atoms with van der Waals surface area (Å²) in [6.45, 7) is 2.67. The summed E-state index contributed by atoms with van der Waals surface area (Å²) in [6.07, 6.45) is 5.95. The minimum Gasteiger partial charge on any atom is -0.389 e. The van der Waals surface area contributed by atoms with Gasteiger partial charge in [0.1, 0.15) is 10.8 Å². The topological polar surface area (TPSA) is 29.3 Å². The molecule has 0 spiro atoms. The quantitative estimate of drug-likeness (QED) is 0.816. The van der Waals surface area contributed by atoms with Crippen LogP contribution in [-0.2, 0) is 0 Å². The van der Waals surface area contributed by atoms with E-state index in [2.05, 4.69) is 0 Å². The highest BCUT2D eigenvalue weighted by Crippen LogP contribution is 2.26. The van der Waals surface area contributed by atoms with Crippen molar-refractivity contribution in [3.8, 4) is 0 Å². The molecule has 0 aliphatic carbocycles. The van der Waals surface area contributed by atoms with E-state index in [0.717, 1.165) is 11.4 Å². The first-order chi connectivity index (χ1) is 8.09. The molecule has 88 valence electrons. The van der Waals surface area contributed by atoms with Gasteiger partial charge >= 0.3 is 0 Å². The predicted octanol–water partition coefficient (Wildman–Crippen LogP) is 2.74. The largest absolute Gasteiger partial charge is 0.389 e. The highest BCUT2D eigenvalue weighted by molar-refractivity contribution is 7.80. The summed E-state index contributed by atoms with van der Waals surface area (Å²) < 4.78 is 13.3. The second kappa shape index (κ2) is 4.67. The van der Waals surface area contributed by atoms with Gasteiger partial charge in [-0.15, -0.1) is 0 Å². The summed E-state index contributed by atoms with van der Waals surface area (Å²) in [5.41, 5.74) is 8.12. The van der Waals surface area contributed by atoms with E-state index in [1.54, 1.807) is 6.07 Å². The van der Waals surface area contributed by atoms with Gasteiger partial charge in [-0.05, 0) is 31.2 Å². The molecule has 0 radical (unpaired) electrons. The van der Waals surface area contributed by atoms with Crippen LogP contribution in [0.25, 0.3) is 0 Å². The number of benzene rings is 1. The number of anilines is 1. The molecule has 0 saturated carbocycles. The number of halogens is 1. The van der Waals surface area contributed by atoms with Crippen LogP contribution in [0, 0.1) is 5.82 Å². The Labute approximate surface area is 105 Å². The molecule has 1 aromatic rings. The van der Waals surface area contributed by atoms with E-state index in [1.165, 1.54) is 12.1 Å². The maximum atomic E-state index is 13.3. The lowest BCUT2D eigenvalue weighted by Crippen LogP contribution is -2.26.